The van der Waals surface area contributed by atoms with E-state index >= 15 is 0 Å². The summed E-state index contributed by atoms with van der Waals surface area (Å²) in [6, 6.07) is 0. The van der Waals surface area contributed by atoms with Crippen molar-refractivity contribution in [2.75, 3.05) is 6.61 Å². The van der Waals surface area contributed by atoms with Crippen LogP contribution in [0.5, 0.6) is 0 Å². The molecule has 1 aliphatic heterocycles. The average Bonchev–Trinajstić information content (AvgIpc) is 2.08. The third kappa shape index (κ3) is 1.48. The maximum atomic E-state index is 5.52. The molecule has 1 N–H and O–H groups in total. The predicted molar refractivity (Wildman–Crippen MR) is 51.0 cm³/mol. The lowest BCUT2D eigenvalue weighted by Crippen LogP contribution is -2.65. The van der Waals surface area contributed by atoms with E-state index in [1.165, 1.54) is 6.42 Å². The summed E-state index contributed by atoms with van der Waals surface area (Å²) in [5.74, 6) is 0. The minimum atomic E-state index is 0.192. The lowest BCUT2D eigenvalue weighted by atomic mass is 9.83. The zero-order valence-corrected chi connectivity index (χ0v) is 8.10. The second-order valence-corrected chi connectivity index (χ2v) is 3.45. The molecule has 2 heteroatoms. The Kier molecular flexibility index (Phi) is 3.15. The minimum absolute atomic E-state index is 0.192. The molecular weight excluding hydrogens is 150 g/mol. The first-order valence-corrected chi connectivity index (χ1v) is 4.79. The first-order chi connectivity index (χ1) is 5.79. The molecule has 0 amide bonds. The molecule has 1 saturated heterocycles. The molecule has 70 valence electrons. The molecule has 0 spiro atoms. The van der Waals surface area contributed by atoms with Crippen molar-refractivity contribution in [1.82, 2.24) is 5.32 Å². The van der Waals surface area contributed by atoms with Crippen LogP contribution in [-0.2, 0) is 4.74 Å². The Morgan fingerprint density at radius 3 is 2.75 bits per heavy atom. The van der Waals surface area contributed by atoms with Gasteiger partial charge in [-0.2, -0.15) is 0 Å². The van der Waals surface area contributed by atoms with Gasteiger partial charge in [0.15, 0.2) is 0 Å². The average molecular weight is 169 g/mol. The number of hydrogen-bond acceptors (Lipinski definition) is 2. The van der Waals surface area contributed by atoms with Crippen molar-refractivity contribution in [2.45, 2.75) is 44.8 Å². The van der Waals surface area contributed by atoms with Gasteiger partial charge in [-0.3, -0.25) is 0 Å². The van der Waals surface area contributed by atoms with Gasteiger partial charge in [-0.25, -0.2) is 0 Å². The highest BCUT2D eigenvalue weighted by Gasteiger charge is 2.45. The molecule has 1 fully saturated rings. The van der Waals surface area contributed by atoms with Crippen LogP contribution in [0.3, 0.4) is 0 Å². The van der Waals surface area contributed by atoms with E-state index in [0.717, 1.165) is 19.4 Å². The van der Waals surface area contributed by atoms with Crippen molar-refractivity contribution in [3.05, 3.63) is 12.8 Å². The van der Waals surface area contributed by atoms with Gasteiger partial charge >= 0.3 is 0 Å². The molecule has 1 aliphatic rings. The summed E-state index contributed by atoms with van der Waals surface area (Å²) in [4.78, 5) is 0. The number of rotatable bonds is 5. The highest BCUT2D eigenvalue weighted by molar-refractivity contribution is 5.03. The highest BCUT2D eigenvalue weighted by atomic mass is 16.5. The molecule has 12 heavy (non-hydrogen) atoms. The fourth-order valence-corrected chi connectivity index (χ4v) is 1.79. The Labute approximate surface area is 75.0 Å². The molecular formula is C10H19NO. The topological polar surface area (TPSA) is 21.3 Å². The van der Waals surface area contributed by atoms with Gasteiger partial charge in [0.05, 0.1) is 18.2 Å². The van der Waals surface area contributed by atoms with E-state index in [9.17, 15) is 0 Å². The van der Waals surface area contributed by atoms with Gasteiger partial charge in [-0.15, -0.1) is 0 Å². The van der Waals surface area contributed by atoms with Crippen molar-refractivity contribution < 1.29 is 4.74 Å². The summed E-state index contributed by atoms with van der Waals surface area (Å²) in [5.41, 5.74) is 0.192. The normalized spacial score (nSPS) is 34.0. The number of ether oxygens (including phenoxy) is 1. The van der Waals surface area contributed by atoms with Crippen molar-refractivity contribution in [3.8, 4) is 0 Å². The summed E-state index contributed by atoms with van der Waals surface area (Å²) in [7, 11) is 0. The molecule has 2 nitrogen and oxygen atoms in total. The standard InChI is InChI=1S/C10H19NO/c1-4-7-9-10(5-2,8-12-9)11-6-3/h6,9,11H,3-5,7-8H2,1-2H3. The third-order valence-electron chi connectivity index (χ3n) is 2.73. The molecule has 1 heterocycles. The Balaban J connectivity index is 2.48. The van der Waals surface area contributed by atoms with E-state index in [2.05, 4.69) is 25.7 Å². The van der Waals surface area contributed by atoms with Crippen LogP contribution < -0.4 is 5.32 Å². The van der Waals surface area contributed by atoms with Crippen molar-refractivity contribution in [3.63, 3.8) is 0 Å². The highest BCUT2D eigenvalue weighted by Crippen LogP contribution is 2.31. The van der Waals surface area contributed by atoms with E-state index in [1.54, 1.807) is 6.20 Å². The Bertz CT molecular complexity index is 154. The molecule has 0 radical (unpaired) electrons. The molecule has 2 atom stereocenters. The maximum absolute atomic E-state index is 5.52. The summed E-state index contributed by atoms with van der Waals surface area (Å²) < 4.78 is 5.52. The molecule has 0 aromatic carbocycles. The summed E-state index contributed by atoms with van der Waals surface area (Å²) in [6.45, 7) is 8.92. The first kappa shape index (κ1) is 9.59. The molecule has 2 unspecified atom stereocenters. The lowest BCUT2D eigenvalue weighted by Gasteiger charge is -2.49. The van der Waals surface area contributed by atoms with Crippen molar-refractivity contribution >= 4 is 0 Å². The predicted octanol–water partition coefficient (Wildman–Crippen LogP) is 2.07. The lowest BCUT2D eigenvalue weighted by molar-refractivity contribution is -0.149. The summed E-state index contributed by atoms with van der Waals surface area (Å²) >= 11 is 0. The maximum Gasteiger partial charge on any atom is 0.0861 e. The Hall–Kier alpha value is -0.500. The van der Waals surface area contributed by atoms with Crippen LogP contribution in [0.15, 0.2) is 12.8 Å². The third-order valence-corrected chi connectivity index (χ3v) is 2.73. The van der Waals surface area contributed by atoms with Gasteiger partial charge in [0, 0.05) is 0 Å². The van der Waals surface area contributed by atoms with Gasteiger partial charge in [-0.1, -0.05) is 26.8 Å². The number of nitrogens with one attached hydrogen (secondary N) is 1. The van der Waals surface area contributed by atoms with Crippen LogP contribution in [-0.4, -0.2) is 18.2 Å². The fraction of sp³-hybridized carbons (Fsp3) is 0.800. The summed E-state index contributed by atoms with van der Waals surface area (Å²) in [6.07, 6.45) is 5.63. The van der Waals surface area contributed by atoms with Crippen molar-refractivity contribution in [1.29, 1.82) is 0 Å². The monoisotopic (exact) mass is 169 g/mol. The Morgan fingerprint density at radius 1 is 1.67 bits per heavy atom. The number of hydrogen-bond donors (Lipinski definition) is 1. The van der Waals surface area contributed by atoms with E-state index in [0.29, 0.717) is 6.10 Å². The SMILES string of the molecule is C=CNC1(CC)COC1CCC. The molecule has 0 saturated carbocycles. The molecule has 0 aromatic rings. The second kappa shape index (κ2) is 3.94. The zero-order valence-electron chi connectivity index (χ0n) is 8.10. The van der Waals surface area contributed by atoms with Gasteiger partial charge in [0.2, 0.25) is 0 Å². The van der Waals surface area contributed by atoms with Gasteiger partial charge in [0.1, 0.15) is 0 Å². The van der Waals surface area contributed by atoms with Crippen LogP contribution in [0.2, 0.25) is 0 Å². The van der Waals surface area contributed by atoms with Gasteiger partial charge in [-0.05, 0) is 19.0 Å². The largest absolute Gasteiger partial charge is 0.381 e. The molecule has 0 aromatic heterocycles. The van der Waals surface area contributed by atoms with Crippen LogP contribution >= 0.6 is 0 Å². The minimum Gasteiger partial charge on any atom is -0.381 e. The first-order valence-electron chi connectivity index (χ1n) is 4.79. The Morgan fingerprint density at radius 2 is 2.42 bits per heavy atom. The van der Waals surface area contributed by atoms with E-state index in [4.69, 9.17) is 4.74 Å². The molecule has 1 rings (SSSR count). The van der Waals surface area contributed by atoms with Crippen LogP contribution in [0, 0.1) is 0 Å². The van der Waals surface area contributed by atoms with Gasteiger partial charge in [0.25, 0.3) is 0 Å². The van der Waals surface area contributed by atoms with Crippen LogP contribution in [0.1, 0.15) is 33.1 Å². The van der Waals surface area contributed by atoms with Crippen LogP contribution in [0.25, 0.3) is 0 Å². The fourth-order valence-electron chi connectivity index (χ4n) is 1.79. The van der Waals surface area contributed by atoms with E-state index < -0.39 is 0 Å². The van der Waals surface area contributed by atoms with Crippen LogP contribution in [0.4, 0.5) is 0 Å². The molecule has 0 aliphatic carbocycles. The smallest absolute Gasteiger partial charge is 0.0861 e. The zero-order chi connectivity index (χ0) is 9.03. The van der Waals surface area contributed by atoms with E-state index in [1.807, 2.05) is 0 Å². The second-order valence-electron chi connectivity index (χ2n) is 3.45. The molecule has 0 bridgehead atoms. The van der Waals surface area contributed by atoms with Gasteiger partial charge < -0.3 is 10.1 Å². The quantitative estimate of drug-likeness (QED) is 0.680. The van der Waals surface area contributed by atoms with Crippen molar-refractivity contribution in [2.24, 2.45) is 0 Å². The summed E-state index contributed by atoms with van der Waals surface area (Å²) in [5, 5.41) is 3.32. The van der Waals surface area contributed by atoms with E-state index in [-0.39, 0.29) is 5.54 Å².